The summed E-state index contributed by atoms with van der Waals surface area (Å²) < 4.78 is 7.17. The van der Waals surface area contributed by atoms with E-state index in [-0.39, 0.29) is 0 Å². The van der Waals surface area contributed by atoms with Crippen LogP contribution in [0, 0.1) is 13.8 Å². The second-order valence-corrected chi connectivity index (χ2v) is 5.70. The number of aryl methyl sites for hydroxylation is 2. The Bertz CT molecular complexity index is 585. The Morgan fingerprint density at radius 1 is 1.29 bits per heavy atom. The minimum absolute atomic E-state index is 0.459. The number of hydrogen-bond donors (Lipinski definition) is 1. The van der Waals surface area contributed by atoms with Gasteiger partial charge in [-0.1, -0.05) is 25.9 Å². The molecule has 0 saturated carbocycles. The summed E-state index contributed by atoms with van der Waals surface area (Å²) in [6.45, 7) is 11.9. The van der Waals surface area contributed by atoms with E-state index in [1.807, 2.05) is 11.6 Å². The van der Waals surface area contributed by atoms with Crippen LogP contribution in [0.25, 0.3) is 0 Å². The van der Waals surface area contributed by atoms with Gasteiger partial charge in [0.05, 0.1) is 5.69 Å². The highest BCUT2D eigenvalue weighted by Crippen LogP contribution is 2.14. The largest absolute Gasteiger partial charge is 0.339 e. The maximum atomic E-state index is 5.22. The molecule has 1 N–H and O–H groups in total. The van der Waals surface area contributed by atoms with Crippen molar-refractivity contribution in [3.05, 3.63) is 28.7 Å². The number of rotatable bonds is 7. The Morgan fingerprint density at radius 2 is 2.05 bits per heavy atom. The van der Waals surface area contributed by atoms with Gasteiger partial charge in [0.1, 0.15) is 6.54 Å². The molecule has 21 heavy (non-hydrogen) atoms. The predicted octanol–water partition coefficient (Wildman–Crippen LogP) is 2.38. The van der Waals surface area contributed by atoms with Crippen LogP contribution >= 0.6 is 0 Å². The van der Waals surface area contributed by atoms with Crippen LogP contribution in [0.1, 0.15) is 55.9 Å². The molecule has 0 spiro atoms. The Hall–Kier alpha value is -1.69. The van der Waals surface area contributed by atoms with Crippen molar-refractivity contribution in [2.75, 3.05) is 0 Å². The lowest BCUT2D eigenvalue weighted by molar-refractivity contribution is 0.370. The van der Waals surface area contributed by atoms with E-state index in [1.54, 1.807) is 0 Å². The Balaban J connectivity index is 2.11. The third-order valence-electron chi connectivity index (χ3n) is 3.48. The van der Waals surface area contributed by atoms with Gasteiger partial charge in [0, 0.05) is 30.3 Å². The minimum atomic E-state index is 0.459. The molecule has 2 aromatic heterocycles. The molecule has 0 aliphatic heterocycles. The third kappa shape index (κ3) is 3.91. The van der Waals surface area contributed by atoms with Crippen LogP contribution in [0.2, 0.25) is 0 Å². The summed E-state index contributed by atoms with van der Waals surface area (Å²) in [6, 6.07) is 0.459. The zero-order valence-corrected chi connectivity index (χ0v) is 13.6. The van der Waals surface area contributed by atoms with Gasteiger partial charge in [-0.05, 0) is 20.3 Å². The molecule has 0 fully saturated rings. The number of hydrogen-bond acceptors (Lipinski definition) is 5. The van der Waals surface area contributed by atoms with E-state index in [2.05, 4.69) is 48.3 Å². The Kier molecular flexibility index (Phi) is 5.12. The van der Waals surface area contributed by atoms with Crippen LogP contribution in [0.5, 0.6) is 0 Å². The standard InChI is InChI=1S/C15H25N5O/c1-6-7-15-17-14(19-21-15)9-20-12(5)13(11(4)18-20)8-16-10(2)3/h10,16H,6-9H2,1-5H3. The monoisotopic (exact) mass is 291 g/mol. The van der Waals surface area contributed by atoms with Crippen molar-refractivity contribution in [3.63, 3.8) is 0 Å². The molecular weight excluding hydrogens is 266 g/mol. The highest BCUT2D eigenvalue weighted by atomic mass is 16.5. The summed E-state index contributed by atoms with van der Waals surface area (Å²) in [5.41, 5.74) is 3.46. The minimum Gasteiger partial charge on any atom is -0.339 e. The lowest BCUT2D eigenvalue weighted by atomic mass is 10.2. The van der Waals surface area contributed by atoms with E-state index < -0.39 is 0 Å². The predicted molar refractivity (Wildman–Crippen MR) is 81.1 cm³/mol. The molecular formula is C15H25N5O. The third-order valence-corrected chi connectivity index (χ3v) is 3.48. The summed E-state index contributed by atoms with van der Waals surface area (Å²) in [5.74, 6) is 1.39. The van der Waals surface area contributed by atoms with E-state index in [0.29, 0.717) is 24.3 Å². The van der Waals surface area contributed by atoms with Gasteiger partial charge in [0.15, 0.2) is 5.82 Å². The lowest BCUT2D eigenvalue weighted by Gasteiger charge is -2.08. The molecule has 0 bridgehead atoms. The summed E-state index contributed by atoms with van der Waals surface area (Å²) in [7, 11) is 0. The van der Waals surface area contributed by atoms with E-state index in [0.717, 1.165) is 30.8 Å². The Labute approximate surface area is 125 Å². The fraction of sp³-hybridized carbons (Fsp3) is 0.667. The zero-order valence-electron chi connectivity index (χ0n) is 13.6. The SMILES string of the molecule is CCCc1nc(Cn2nc(C)c(CNC(C)C)c2C)no1. The van der Waals surface area contributed by atoms with Crippen LogP contribution in [0.4, 0.5) is 0 Å². The summed E-state index contributed by atoms with van der Waals surface area (Å²) in [5, 5.41) is 12.1. The van der Waals surface area contributed by atoms with Crippen molar-refractivity contribution >= 4 is 0 Å². The molecule has 0 aliphatic rings. The first-order chi connectivity index (χ1) is 10.0. The first-order valence-electron chi connectivity index (χ1n) is 7.59. The van der Waals surface area contributed by atoms with Crippen molar-refractivity contribution in [1.29, 1.82) is 0 Å². The van der Waals surface area contributed by atoms with Gasteiger partial charge in [-0.15, -0.1) is 0 Å². The molecule has 0 amide bonds. The van der Waals surface area contributed by atoms with Crippen molar-refractivity contribution in [1.82, 2.24) is 25.2 Å². The summed E-state index contributed by atoms with van der Waals surface area (Å²) >= 11 is 0. The first-order valence-corrected chi connectivity index (χ1v) is 7.59. The number of nitrogens with zero attached hydrogens (tertiary/aromatic N) is 4. The normalized spacial score (nSPS) is 11.5. The van der Waals surface area contributed by atoms with E-state index in [1.165, 1.54) is 5.56 Å². The first kappa shape index (κ1) is 15.7. The smallest absolute Gasteiger partial charge is 0.226 e. The molecule has 0 radical (unpaired) electrons. The van der Waals surface area contributed by atoms with Crippen molar-refractivity contribution in [3.8, 4) is 0 Å². The number of aromatic nitrogens is 4. The zero-order chi connectivity index (χ0) is 15.4. The van der Waals surface area contributed by atoms with E-state index >= 15 is 0 Å². The fourth-order valence-corrected chi connectivity index (χ4v) is 2.25. The average Bonchev–Trinajstić information content (AvgIpc) is 2.95. The summed E-state index contributed by atoms with van der Waals surface area (Å²) in [6.07, 6.45) is 1.83. The summed E-state index contributed by atoms with van der Waals surface area (Å²) in [4.78, 5) is 4.40. The van der Waals surface area contributed by atoms with Gasteiger partial charge in [-0.3, -0.25) is 4.68 Å². The molecule has 2 rings (SSSR count). The lowest BCUT2D eigenvalue weighted by Crippen LogP contribution is -2.22. The molecule has 0 aliphatic carbocycles. The van der Waals surface area contributed by atoms with Gasteiger partial charge in [0.2, 0.25) is 5.89 Å². The second kappa shape index (κ2) is 6.85. The topological polar surface area (TPSA) is 68.8 Å². The van der Waals surface area contributed by atoms with Gasteiger partial charge in [0.25, 0.3) is 0 Å². The highest BCUT2D eigenvalue weighted by molar-refractivity contribution is 5.24. The molecule has 0 unspecified atom stereocenters. The molecule has 0 atom stereocenters. The van der Waals surface area contributed by atoms with E-state index in [9.17, 15) is 0 Å². The van der Waals surface area contributed by atoms with Crippen LogP contribution in [-0.2, 0) is 19.5 Å². The molecule has 6 nitrogen and oxygen atoms in total. The fourth-order valence-electron chi connectivity index (χ4n) is 2.25. The van der Waals surface area contributed by atoms with Crippen molar-refractivity contribution in [2.24, 2.45) is 0 Å². The van der Waals surface area contributed by atoms with Gasteiger partial charge >= 0.3 is 0 Å². The molecule has 116 valence electrons. The maximum Gasteiger partial charge on any atom is 0.226 e. The van der Waals surface area contributed by atoms with Crippen molar-refractivity contribution < 1.29 is 4.52 Å². The Morgan fingerprint density at radius 3 is 2.71 bits per heavy atom. The van der Waals surface area contributed by atoms with Gasteiger partial charge in [-0.2, -0.15) is 10.1 Å². The number of nitrogens with one attached hydrogen (secondary N) is 1. The highest BCUT2D eigenvalue weighted by Gasteiger charge is 2.14. The molecule has 2 aromatic rings. The molecule has 2 heterocycles. The molecule has 0 saturated heterocycles. The van der Waals surface area contributed by atoms with Gasteiger partial charge in [-0.25, -0.2) is 0 Å². The molecule has 0 aromatic carbocycles. The van der Waals surface area contributed by atoms with Gasteiger partial charge < -0.3 is 9.84 Å². The van der Waals surface area contributed by atoms with Crippen LogP contribution in [-0.4, -0.2) is 26.0 Å². The second-order valence-electron chi connectivity index (χ2n) is 5.70. The van der Waals surface area contributed by atoms with Crippen LogP contribution in [0.3, 0.4) is 0 Å². The van der Waals surface area contributed by atoms with Crippen molar-refractivity contribution in [2.45, 2.75) is 66.6 Å². The van der Waals surface area contributed by atoms with Crippen LogP contribution in [0.15, 0.2) is 4.52 Å². The van der Waals surface area contributed by atoms with E-state index in [4.69, 9.17) is 4.52 Å². The average molecular weight is 291 g/mol. The van der Waals surface area contributed by atoms with Crippen LogP contribution < -0.4 is 5.32 Å². The molecule has 6 heteroatoms. The maximum absolute atomic E-state index is 5.22. The quantitative estimate of drug-likeness (QED) is 0.848.